The molecule has 0 rings (SSSR count). The fourth-order valence-corrected chi connectivity index (χ4v) is 1.24. The average Bonchev–Trinajstić information content (AvgIpc) is 2.14. The van der Waals surface area contributed by atoms with Crippen LogP contribution in [0.4, 0.5) is 4.79 Å². The van der Waals surface area contributed by atoms with Crippen LogP contribution in [-0.4, -0.2) is 35.7 Å². The number of amides is 1. The molecule has 0 aromatic heterocycles. The van der Waals surface area contributed by atoms with Gasteiger partial charge in [0.1, 0.15) is 5.60 Å². The summed E-state index contributed by atoms with van der Waals surface area (Å²) >= 11 is 0. The predicted molar refractivity (Wildman–Crippen MR) is 66.7 cm³/mol. The van der Waals surface area contributed by atoms with E-state index in [0.29, 0.717) is 19.5 Å². The second-order valence-corrected chi connectivity index (χ2v) is 5.08. The van der Waals surface area contributed by atoms with Crippen molar-refractivity contribution in [3.8, 4) is 0 Å². The quantitative estimate of drug-likeness (QED) is 0.321. The second kappa shape index (κ2) is 7.01. The van der Waals surface area contributed by atoms with E-state index >= 15 is 0 Å². The third-order valence-corrected chi connectivity index (χ3v) is 1.97. The molecule has 1 amide bonds. The van der Waals surface area contributed by atoms with E-state index in [-0.39, 0.29) is 12.1 Å². The van der Waals surface area contributed by atoms with Crippen LogP contribution in [0.15, 0.2) is 5.11 Å². The Morgan fingerprint density at radius 1 is 1.47 bits per heavy atom. The van der Waals surface area contributed by atoms with Crippen LogP contribution in [0.1, 0.15) is 41.0 Å². The molecule has 0 atom stereocenters. The smallest absolute Gasteiger partial charge is 0.410 e. The zero-order chi connectivity index (χ0) is 13.5. The van der Waals surface area contributed by atoms with Crippen LogP contribution < -0.4 is 0 Å². The second-order valence-electron chi connectivity index (χ2n) is 5.08. The van der Waals surface area contributed by atoms with E-state index in [1.54, 1.807) is 4.90 Å². The molecule has 6 heteroatoms. The molecule has 0 saturated heterocycles. The van der Waals surface area contributed by atoms with Crippen LogP contribution in [0.5, 0.6) is 0 Å². The van der Waals surface area contributed by atoms with E-state index in [0.717, 1.165) is 0 Å². The van der Waals surface area contributed by atoms with Crippen molar-refractivity contribution in [2.75, 3.05) is 13.1 Å². The molecule has 0 aliphatic rings. The van der Waals surface area contributed by atoms with Crippen LogP contribution in [0.2, 0.25) is 0 Å². The van der Waals surface area contributed by atoms with Gasteiger partial charge in [-0.05, 0) is 46.6 Å². The Balaban J connectivity index is 4.32. The molecule has 98 valence electrons. The standard InChI is InChI=1S/C11H22N4O2/c1-9(2)15(8-6-7-13-14-12)10(16)17-11(3,4)5/h9H,6-8H2,1-5H3. The highest BCUT2D eigenvalue weighted by molar-refractivity contribution is 5.68. The van der Waals surface area contributed by atoms with Crippen LogP contribution in [0, 0.1) is 0 Å². The highest BCUT2D eigenvalue weighted by Crippen LogP contribution is 2.12. The van der Waals surface area contributed by atoms with Gasteiger partial charge in [-0.1, -0.05) is 5.11 Å². The number of azide groups is 1. The van der Waals surface area contributed by atoms with E-state index in [2.05, 4.69) is 10.0 Å². The van der Waals surface area contributed by atoms with E-state index < -0.39 is 5.60 Å². The summed E-state index contributed by atoms with van der Waals surface area (Å²) in [6, 6.07) is 0.0657. The van der Waals surface area contributed by atoms with Gasteiger partial charge in [0.2, 0.25) is 0 Å². The largest absolute Gasteiger partial charge is 0.444 e. The van der Waals surface area contributed by atoms with Gasteiger partial charge in [-0.2, -0.15) is 0 Å². The van der Waals surface area contributed by atoms with Crippen molar-refractivity contribution in [2.24, 2.45) is 5.11 Å². The number of hydrogen-bond acceptors (Lipinski definition) is 3. The molecule has 0 aliphatic heterocycles. The Labute approximate surface area is 103 Å². The lowest BCUT2D eigenvalue weighted by Gasteiger charge is -2.30. The molecule has 17 heavy (non-hydrogen) atoms. The Bertz CT molecular complexity index is 290. The third kappa shape index (κ3) is 7.47. The topological polar surface area (TPSA) is 78.3 Å². The first-order chi connectivity index (χ1) is 7.78. The van der Waals surface area contributed by atoms with Crippen LogP contribution in [0.25, 0.3) is 10.4 Å². The molecule has 0 radical (unpaired) electrons. The SMILES string of the molecule is CC(C)N(CCCN=[N+]=[N-])C(=O)OC(C)(C)C. The molecule has 6 nitrogen and oxygen atoms in total. The first-order valence-electron chi connectivity index (χ1n) is 5.78. The van der Waals surface area contributed by atoms with Crippen LogP contribution in [0.3, 0.4) is 0 Å². The van der Waals surface area contributed by atoms with Crippen molar-refractivity contribution < 1.29 is 9.53 Å². The Kier molecular flexibility index (Phi) is 6.43. The van der Waals surface area contributed by atoms with Crippen molar-refractivity contribution in [3.05, 3.63) is 10.4 Å². The van der Waals surface area contributed by atoms with Crippen molar-refractivity contribution >= 4 is 6.09 Å². The lowest BCUT2D eigenvalue weighted by atomic mass is 10.2. The highest BCUT2D eigenvalue weighted by atomic mass is 16.6. The summed E-state index contributed by atoms with van der Waals surface area (Å²) in [7, 11) is 0. The summed E-state index contributed by atoms with van der Waals surface area (Å²) in [6.45, 7) is 10.3. The maximum absolute atomic E-state index is 11.9. The summed E-state index contributed by atoms with van der Waals surface area (Å²) < 4.78 is 5.30. The molecule has 0 unspecified atom stereocenters. The van der Waals surface area contributed by atoms with E-state index in [1.165, 1.54) is 0 Å². The van der Waals surface area contributed by atoms with Crippen molar-refractivity contribution in [1.82, 2.24) is 4.90 Å². The lowest BCUT2D eigenvalue weighted by Crippen LogP contribution is -2.41. The summed E-state index contributed by atoms with van der Waals surface area (Å²) in [6.07, 6.45) is 0.315. The van der Waals surface area contributed by atoms with Gasteiger partial charge in [-0.15, -0.1) is 0 Å². The van der Waals surface area contributed by atoms with Gasteiger partial charge in [0.15, 0.2) is 0 Å². The lowest BCUT2D eigenvalue weighted by molar-refractivity contribution is 0.0190. The minimum absolute atomic E-state index is 0.0657. The number of carbonyl (C=O) groups is 1. The molecule has 0 bridgehead atoms. The summed E-state index contributed by atoms with van der Waals surface area (Å²) in [5.74, 6) is 0. The van der Waals surface area contributed by atoms with Crippen molar-refractivity contribution in [1.29, 1.82) is 0 Å². The predicted octanol–water partition coefficient (Wildman–Crippen LogP) is 3.33. The van der Waals surface area contributed by atoms with Crippen LogP contribution in [-0.2, 0) is 4.74 Å². The molecule has 0 N–H and O–H groups in total. The fourth-order valence-electron chi connectivity index (χ4n) is 1.24. The first-order valence-corrected chi connectivity index (χ1v) is 5.78. The molecule has 0 aromatic rings. The van der Waals surface area contributed by atoms with Crippen LogP contribution >= 0.6 is 0 Å². The first kappa shape index (κ1) is 15.6. The maximum Gasteiger partial charge on any atom is 0.410 e. The molecule has 0 spiro atoms. The summed E-state index contributed by atoms with van der Waals surface area (Å²) in [5, 5.41) is 3.44. The van der Waals surface area contributed by atoms with Crippen molar-refractivity contribution in [3.63, 3.8) is 0 Å². The minimum atomic E-state index is -0.491. The summed E-state index contributed by atoms with van der Waals surface area (Å²) in [4.78, 5) is 16.2. The maximum atomic E-state index is 11.9. The van der Waals surface area contributed by atoms with E-state index in [1.807, 2.05) is 34.6 Å². The van der Waals surface area contributed by atoms with Gasteiger partial charge in [0.25, 0.3) is 0 Å². The van der Waals surface area contributed by atoms with Gasteiger partial charge in [0, 0.05) is 24.0 Å². The van der Waals surface area contributed by atoms with Gasteiger partial charge in [0.05, 0.1) is 0 Å². The van der Waals surface area contributed by atoms with Gasteiger partial charge in [-0.3, -0.25) is 0 Å². The molecule has 0 heterocycles. The number of carbonyl (C=O) groups excluding carboxylic acids is 1. The van der Waals surface area contributed by atoms with Gasteiger partial charge in [-0.25, -0.2) is 4.79 Å². The molecule has 0 aliphatic carbocycles. The van der Waals surface area contributed by atoms with Crippen molar-refractivity contribution in [2.45, 2.75) is 52.7 Å². The Morgan fingerprint density at radius 2 is 2.06 bits per heavy atom. The number of nitrogens with zero attached hydrogens (tertiary/aromatic N) is 4. The van der Waals surface area contributed by atoms with Gasteiger partial charge < -0.3 is 9.64 Å². The van der Waals surface area contributed by atoms with E-state index in [9.17, 15) is 4.79 Å². The number of rotatable bonds is 5. The highest BCUT2D eigenvalue weighted by Gasteiger charge is 2.23. The normalized spacial score (nSPS) is 10.9. The Morgan fingerprint density at radius 3 is 2.47 bits per heavy atom. The summed E-state index contributed by atoms with van der Waals surface area (Å²) in [5.41, 5.74) is 7.66. The number of hydrogen-bond donors (Lipinski definition) is 0. The zero-order valence-electron chi connectivity index (χ0n) is 11.3. The molecular formula is C11H22N4O2. The molecular weight excluding hydrogens is 220 g/mol. The monoisotopic (exact) mass is 242 g/mol. The van der Waals surface area contributed by atoms with Gasteiger partial charge >= 0.3 is 6.09 Å². The third-order valence-electron chi connectivity index (χ3n) is 1.97. The van der Waals surface area contributed by atoms with E-state index in [4.69, 9.17) is 10.3 Å². The fraction of sp³-hybridized carbons (Fsp3) is 0.909. The number of ether oxygens (including phenoxy) is 1. The Hall–Kier alpha value is -1.42. The zero-order valence-corrected chi connectivity index (χ0v) is 11.3. The molecule has 0 fully saturated rings. The molecule has 0 saturated carbocycles. The molecule has 0 aromatic carbocycles. The average molecular weight is 242 g/mol. The minimum Gasteiger partial charge on any atom is -0.444 e.